The molecule has 160 valence electrons. The van der Waals surface area contributed by atoms with Gasteiger partial charge in [0.05, 0.1) is 31.4 Å². The van der Waals surface area contributed by atoms with Crippen molar-refractivity contribution in [3.63, 3.8) is 0 Å². The molecule has 0 atom stereocenters. The van der Waals surface area contributed by atoms with Gasteiger partial charge in [0.2, 0.25) is 5.91 Å². The van der Waals surface area contributed by atoms with Crippen LogP contribution < -0.4 is 10.1 Å². The van der Waals surface area contributed by atoms with Crippen molar-refractivity contribution in [2.45, 2.75) is 44.6 Å². The number of ether oxygens (including phenoxy) is 1. The van der Waals surface area contributed by atoms with E-state index in [1.165, 1.54) is 16.2 Å². The molecule has 0 bridgehead atoms. The predicted octanol–water partition coefficient (Wildman–Crippen LogP) is 3.26. The Morgan fingerprint density at radius 1 is 1.23 bits per heavy atom. The van der Waals surface area contributed by atoms with E-state index in [-0.39, 0.29) is 24.8 Å². The lowest BCUT2D eigenvalue weighted by atomic mass is 9.91. The molecule has 0 aliphatic heterocycles. The van der Waals surface area contributed by atoms with Crippen LogP contribution in [0.1, 0.15) is 52.0 Å². The maximum absolute atomic E-state index is 13.5. The standard InChI is InChI=1S/C23H28N2O4S/c1-29-18-8-4-2-6-16(18)22(28)21-17-7-3-5-9-19(17)30-23(21)24-20(27)14-25(12-13-26)15-10-11-15/h2,4,6,8,15,26H,3,5,7,9-14H2,1H3,(H,24,27). The molecule has 4 rings (SSSR count). The van der Waals surface area contributed by atoms with E-state index >= 15 is 0 Å². The van der Waals surface area contributed by atoms with Crippen molar-refractivity contribution >= 4 is 28.0 Å². The van der Waals surface area contributed by atoms with Crippen molar-refractivity contribution < 1.29 is 19.4 Å². The minimum absolute atomic E-state index is 0.0363. The van der Waals surface area contributed by atoms with Crippen molar-refractivity contribution in [3.05, 3.63) is 45.8 Å². The molecule has 2 aliphatic rings. The molecule has 1 fully saturated rings. The number of carbonyl (C=O) groups excluding carboxylic acids is 2. The van der Waals surface area contributed by atoms with Gasteiger partial charge >= 0.3 is 0 Å². The average Bonchev–Trinajstić information content (AvgIpc) is 3.54. The monoisotopic (exact) mass is 428 g/mol. The number of anilines is 1. The van der Waals surface area contributed by atoms with Gasteiger partial charge in [-0.1, -0.05) is 12.1 Å². The Labute approximate surface area is 180 Å². The van der Waals surface area contributed by atoms with Crippen LogP contribution >= 0.6 is 11.3 Å². The number of benzene rings is 1. The van der Waals surface area contributed by atoms with Crippen molar-refractivity contribution in [1.82, 2.24) is 4.90 Å². The van der Waals surface area contributed by atoms with Crippen LogP contribution in [-0.4, -0.2) is 54.5 Å². The zero-order valence-corrected chi connectivity index (χ0v) is 18.1. The highest BCUT2D eigenvalue weighted by Crippen LogP contribution is 2.40. The first-order valence-corrected chi connectivity index (χ1v) is 11.4. The molecule has 2 aliphatic carbocycles. The molecule has 1 heterocycles. The van der Waals surface area contributed by atoms with Crippen LogP contribution in [-0.2, 0) is 17.6 Å². The summed E-state index contributed by atoms with van der Waals surface area (Å²) in [6.45, 7) is 0.761. The van der Waals surface area contributed by atoms with Gasteiger partial charge in [0.15, 0.2) is 5.78 Å². The van der Waals surface area contributed by atoms with Crippen LogP contribution in [0.5, 0.6) is 5.75 Å². The summed E-state index contributed by atoms with van der Waals surface area (Å²) < 4.78 is 5.41. The van der Waals surface area contributed by atoms with Gasteiger partial charge in [-0.15, -0.1) is 11.3 Å². The number of hydrogen-bond donors (Lipinski definition) is 2. The van der Waals surface area contributed by atoms with Gasteiger partial charge in [0.25, 0.3) is 0 Å². The third-order valence-electron chi connectivity index (χ3n) is 5.80. The second-order valence-corrected chi connectivity index (χ2v) is 9.02. The number of hydrogen-bond acceptors (Lipinski definition) is 6. The molecule has 0 saturated heterocycles. The topological polar surface area (TPSA) is 78.9 Å². The molecule has 1 aromatic heterocycles. The number of rotatable bonds is 9. The van der Waals surface area contributed by atoms with Crippen LogP contribution in [0.3, 0.4) is 0 Å². The van der Waals surface area contributed by atoms with Gasteiger partial charge in [0.1, 0.15) is 10.8 Å². The fraction of sp³-hybridized carbons (Fsp3) is 0.478. The number of aryl methyl sites for hydroxylation is 1. The van der Waals surface area contributed by atoms with Gasteiger partial charge in [-0.25, -0.2) is 0 Å². The summed E-state index contributed by atoms with van der Waals surface area (Å²) in [6.07, 6.45) is 6.10. The summed E-state index contributed by atoms with van der Waals surface area (Å²) in [5.74, 6) is 0.304. The lowest BCUT2D eigenvalue weighted by Gasteiger charge is -2.20. The van der Waals surface area contributed by atoms with Crippen LogP contribution in [0.25, 0.3) is 0 Å². The summed E-state index contributed by atoms with van der Waals surface area (Å²) >= 11 is 1.53. The van der Waals surface area contributed by atoms with Crippen molar-refractivity contribution in [3.8, 4) is 5.75 Å². The number of fused-ring (bicyclic) bond motifs is 1. The second kappa shape index (κ2) is 9.29. The maximum atomic E-state index is 13.5. The summed E-state index contributed by atoms with van der Waals surface area (Å²) in [5, 5.41) is 13.0. The Hall–Kier alpha value is -2.22. The molecule has 2 N–H and O–H groups in total. The quantitative estimate of drug-likeness (QED) is 0.600. The molecule has 6 nitrogen and oxygen atoms in total. The van der Waals surface area contributed by atoms with Gasteiger partial charge in [-0.3, -0.25) is 14.5 Å². The largest absolute Gasteiger partial charge is 0.496 e. The Balaban J connectivity index is 1.62. The molecular weight excluding hydrogens is 400 g/mol. The summed E-state index contributed by atoms with van der Waals surface area (Å²) in [5.41, 5.74) is 2.21. The fourth-order valence-electron chi connectivity index (χ4n) is 4.17. The van der Waals surface area contributed by atoms with Gasteiger partial charge in [-0.05, 0) is 56.2 Å². The van der Waals surface area contributed by atoms with Gasteiger partial charge in [-0.2, -0.15) is 0 Å². The highest BCUT2D eigenvalue weighted by atomic mass is 32.1. The number of amides is 1. The number of carbonyl (C=O) groups is 2. The third-order valence-corrected chi connectivity index (χ3v) is 7.01. The minimum Gasteiger partial charge on any atom is -0.496 e. The highest BCUT2D eigenvalue weighted by molar-refractivity contribution is 7.17. The zero-order valence-electron chi connectivity index (χ0n) is 17.3. The average molecular weight is 429 g/mol. The summed E-state index contributed by atoms with van der Waals surface area (Å²) in [6, 6.07) is 7.61. The second-order valence-electron chi connectivity index (χ2n) is 7.92. The molecule has 0 radical (unpaired) electrons. The molecule has 0 unspecified atom stereocenters. The molecule has 7 heteroatoms. The SMILES string of the molecule is COc1ccccc1C(=O)c1c(NC(=O)CN(CCO)C2CC2)sc2c1CCCC2. The smallest absolute Gasteiger partial charge is 0.239 e. The number of methoxy groups -OCH3 is 1. The number of thiophene rings is 1. The Morgan fingerprint density at radius 3 is 2.73 bits per heavy atom. The minimum atomic E-state index is -0.136. The van der Waals surface area contributed by atoms with Crippen LogP contribution in [0.2, 0.25) is 0 Å². The number of aliphatic hydroxyl groups is 1. The Kier molecular flexibility index (Phi) is 6.51. The molecule has 30 heavy (non-hydrogen) atoms. The zero-order chi connectivity index (χ0) is 21.1. The number of nitrogens with zero attached hydrogens (tertiary/aromatic N) is 1. The maximum Gasteiger partial charge on any atom is 0.239 e. The lowest BCUT2D eigenvalue weighted by molar-refractivity contribution is -0.117. The molecule has 0 spiro atoms. The van der Waals surface area contributed by atoms with Crippen molar-refractivity contribution in [1.29, 1.82) is 0 Å². The van der Waals surface area contributed by atoms with E-state index in [1.54, 1.807) is 19.2 Å². The van der Waals surface area contributed by atoms with E-state index in [9.17, 15) is 14.7 Å². The van der Waals surface area contributed by atoms with Crippen molar-refractivity contribution in [2.24, 2.45) is 0 Å². The summed E-state index contributed by atoms with van der Waals surface area (Å²) in [7, 11) is 1.56. The van der Waals surface area contributed by atoms with Crippen molar-refractivity contribution in [2.75, 3.05) is 32.1 Å². The number of aliphatic hydroxyl groups excluding tert-OH is 1. The normalized spacial score (nSPS) is 15.7. The van der Waals surface area contributed by atoms with E-state index in [1.807, 2.05) is 17.0 Å². The molecular formula is C23H28N2O4S. The first-order valence-electron chi connectivity index (χ1n) is 10.6. The van der Waals surface area contributed by atoms with E-state index < -0.39 is 0 Å². The van der Waals surface area contributed by atoms with E-state index in [4.69, 9.17) is 4.74 Å². The van der Waals surface area contributed by atoms with E-state index in [0.29, 0.717) is 34.5 Å². The van der Waals surface area contributed by atoms with Gasteiger partial charge in [0, 0.05) is 17.5 Å². The van der Waals surface area contributed by atoms with Crippen LogP contribution in [0, 0.1) is 0 Å². The first kappa shape index (κ1) is 21.0. The number of ketones is 1. The first-order chi connectivity index (χ1) is 14.6. The fourth-order valence-corrected chi connectivity index (χ4v) is 5.47. The number of para-hydroxylation sites is 1. The molecule has 1 aromatic carbocycles. The van der Waals surface area contributed by atoms with Gasteiger partial charge < -0.3 is 15.2 Å². The molecule has 2 aromatic rings. The highest BCUT2D eigenvalue weighted by Gasteiger charge is 2.31. The summed E-state index contributed by atoms with van der Waals surface area (Å²) in [4.78, 5) is 29.6. The van der Waals surface area contributed by atoms with E-state index in [2.05, 4.69) is 5.32 Å². The van der Waals surface area contributed by atoms with Crippen LogP contribution in [0.15, 0.2) is 24.3 Å². The van der Waals surface area contributed by atoms with Crippen LogP contribution in [0.4, 0.5) is 5.00 Å². The Morgan fingerprint density at radius 2 is 2.00 bits per heavy atom. The van der Waals surface area contributed by atoms with E-state index in [0.717, 1.165) is 44.1 Å². The Bertz CT molecular complexity index is 935. The molecule has 1 saturated carbocycles. The predicted molar refractivity (Wildman–Crippen MR) is 118 cm³/mol. The lowest BCUT2D eigenvalue weighted by Crippen LogP contribution is -2.36. The molecule has 1 amide bonds. The number of nitrogens with one attached hydrogen (secondary N) is 1. The third kappa shape index (κ3) is 4.43.